The highest BCUT2D eigenvalue weighted by molar-refractivity contribution is 6.19. The van der Waals surface area contributed by atoms with Gasteiger partial charge in [-0.2, -0.15) is 0 Å². The van der Waals surface area contributed by atoms with Gasteiger partial charge in [0, 0.05) is 44.6 Å². The molecule has 0 fully saturated rings. The Morgan fingerprint density at radius 1 is 0.429 bits per heavy atom. The Hall–Kier alpha value is -6.65. The minimum Gasteiger partial charge on any atom is -0.308 e. The fourth-order valence-corrected chi connectivity index (χ4v) is 7.42. The first-order chi connectivity index (χ1) is 24.3. The van der Waals surface area contributed by atoms with Gasteiger partial charge in [0.05, 0.1) is 34.0 Å². The van der Waals surface area contributed by atoms with Crippen LogP contribution in [0.1, 0.15) is 0 Å². The second kappa shape index (κ2) is 11.0. The lowest BCUT2D eigenvalue weighted by Gasteiger charge is -2.35. The number of fused-ring (bicyclic) bond motifs is 5. The number of rotatable bonds is 4. The average molecular weight is 625 g/mol. The third kappa shape index (κ3) is 4.35. The van der Waals surface area contributed by atoms with Crippen molar-refractivity contribution in [3.05, 3.63) is 170 Å². The topological polar surface area (TPSA) is 41.9 Å². The molecule has 10 rings (SSSR count). The monoisotopic (exact) mass is 624 g/mol. The zero-order valence-corrected chi connectivity index (χ0v) is 26.5. The van der Waals surface area contributed by atoms with E-state index in [4.69, 9.17) is 9.97 Å². The van der Waals surface area contributed by atoms with Crippen molar-refractivity contribution in [2.75, 3.05) is 4.90 Å². The zero-order chi connectivity index (χ0) is 32.3. The summed E-state index contributed by atoms with van der Waals surface area (Å²) in [5.41, 5.74) is 11.6. The SMILES string of the molecule is c1ccc(-c2ccc(-c3nc(-c4ccccc4N4c5c(ccc6ccccc56)-c5cccc6cccc4c56)nc4ccccc34)cc2)nc1. The third-order valence-corrected chi connectivity index (χ3v) is 9.65. The van der Waals surface area contributed by atoms with Crippen LogP contribution in [-0.2, 0) is 0 Å². The molecule has 0 saturated heterocycles. The normalized spacial score (nSPS) is 12.0. The van der Waals surface area contributed by atoms with Gasteiger partial charge in [0.1, 0.15) is 0 Å². The van der Waals surface area contributed by atoms with E-state index in [-0.39, 0.29) is 0 Å². The number of hydrogen-bond donors (Lipinski definition) is 0. The molecular weight excluding hydrogens is 597 g/mol. The molecule has 228 valence electrons. The molecule has 2 aromatic heterocycles. The van der Waals surface area contributed by atoms with Gasteiger partial charge in [0.25, 0.3) is 0 Å². The molecule has 9 aromatic rings. The highest BCUT2D eigenvalue weighted by atomic mass is 15.2. The second-order valence-corrected chi connectivity index (χ2v) is 12.4. The summed E-state index contributed by atoms with van der Waals surface area (Å²) in [5.74, 6) is 0.686. The van der Waals surface area contributed by atoms with E-state index in [2.05, 4.69) is 149 Å². The lowest BCUT2D eigenvalue weighted by molar-refractivity contribution is 1.21. The van der Waals surface area contributed by atoms with Crippen molar-refractivity contribution >= 4 is 49.5 Å². The average Bonchev–Trinajstić information content (AvgIpc) is 3.18. The molecular formula is C45H28N4. The quantitative estimate of drug-likeness (QED) is 0.195. The maximum atomic E-state index is 5.36. The molecule has 0 saturated carbocycles. The molecule has 0 bridgehead atoms. The van der Waals surface area contributed by atoms with Crippen molar-refractivity contribution in [3.8, 4) is 45.0 Å². The molecule has 4 heteroatoms. The molecule has 7 aromatic carbocycles. The van der Waals surface area contributed by atoms with Crippen molar-refractivity contribution in [1.29, 1.82) is 0 Å². The first-order valence-electron chi connectivity index (χ1n) is 16.5. The van der Waals surface area contributed by atoms with Crippen molar-refractivity contribution in [1.82, 2.24) is 15.0 Å². The molecule has 1 aliphatic heterocycles. The summed E-state index contributed by atoms with van der Waals surface area (Å²) in [7, 11) is 0. The van der Waals surface area contributed by atoms with E-state index in [0.717, 1.165) is 50.4 Å². The molecule has 49 heavy (non-hydrogen) atoms. The third-order valence-electron chi connectivity index (χ3n) is 9.65. The molecule has 0 amide bonds. The number of anilines is 3. The van der Waals surface area contributed by atoms with Gasteiger partial charge in [-0.25, -0.2) is 9.97 Å². The fourth-order valence-electron chi connectivity index (χ4n) is 7.42. The molecule has 1 aliphatic rings. The van der Waals surface area contributed by atoms with Crippen LogP contribution in [-0.4, -0.2) is 15.0 Å². The molecule has 3 heterocycles. The van der Waals surface area contributed by atoms with Gasteiger partial charge in [-0.3, -0.25) is 4.98 Å². The van der Waals surface area contributed by atoms with Crippen LogP contribution < -0.4 is 4.90 Å². The van der Waals surface area contributed by atoms with Crippen LogP contribution in [0.15, 0.2) is 170 Å². The zero-order valence-electron chi connectivity index (χ0n) is 26.5. The molecule has 0 N–H and O–H groups in total. The summed E-state index contributed by atoms with van der Waals surface area (Å²) in [5, 5.41) is 5.89. The Kier molecular flexibility index (Phi) is 6.15. The summed E-state index contributed by atoms with van der Waals surface area (Å²) in [4.78, 5) is 17.5. The van der Waals surface area contributed by atoms with E-state index in [9.17, 15) is 0 Å². The minimum atomic E-state index is 0.686. The van der Waals surface area contributed by atoms with E-state index in [1.54, 1.807) is 0 Å². The van der Waals surface area contributed by atoms with Crippen molar-refractivity contribution in [2.24, 2.45) is 0 Å². The Balaban J connectivity index is 1.22. The largest absolute Gasteiger partial charge is 0.308 e. The number of nitrogens with zero attached hydrogens (tertiary/aromatic N) is 4. The summed E-state index contributed by atoms with van der Waals surface area (Å²) in [6.07, 6.45) is 1.83. The van der Waals surface area contributed by atoms with Crippen LogP contribution in [0.5, 0.6) is 0 Å². The first kappa shape index (κ1) is 27.5. The Labute approximate surface area is 283 Å². The van der Waals surface area contributed by atoms with Gasteiger partial charge in [-0.15, -0.1) is 0 Å². The van der Waals surface area contributed by atoms with Crippen LogP contribution in [0.4, 0.5) is 17.1 Å². The highest BCUT2D eigenvalue weighted by Crippen LogP contribution is 2.54. The van der Waals surface area contributed by atoms with Crippen LogP contribution in [0.3, 0.4) is 0 Å². The number of para-hydroxylation sites is 2. The standard InChI is InChI=1S/C45H28N4/c1-2-14-33-29(11-1)26-27-35-34-17-9-12-31-13-10-21-41(42(31)34)49(44(33)35)40-20-6-4-16-37(40)45-47-39-19-5-3-15-36(39)43(48-45)32-24-22-30(23-25-32)38-18-7-8-28-46-38/h1-28H. The van der Waals surface area contributed by atoms with Gasteiger partial charge in [0.2, 0.25) is 0 Å². The van der Waals surface area contributed by atoms with Gasteiger partial charge in [-0.1, -0.05) is 127 Å². The Morgan fingerprint density at radius 3 is 2.00 bits per heavy atom. The van der Waals surface area contributed by atoms with Crippen molar-refractivity contribution in [3.63, 3.8) is 0 Å². The minimum absolute atomic E-state index is 0.686. The van der Waals surface area contributed by atoms with E-state index in [0.29, 0.717) is 5.82 Å². The predicted octanol–water partition coefficient (Wildman–Crippen LogP) is 11.8. The predicted molar refractivity (Wildman–Crippen MR) is 202 cm³/mol. The first-order valence-corrected chi connectivity index (χ1v) is 16.5. The van der Waals surface area contributed by atoms with E-state index >= 15 is 0 Å². The number of benzene rings is 7. The molecule has 0 radical (unpaired) electrons. The maximum Gasteiger partial charge on any atom is 0.162 e. The van der Waals surface area contributed by atoms with Crippen LogP contribution in [0.25, 0.3) is 77.5 Å². The Bertz CT molecular complexity index is 2710. The van der Waals surface area contributed by atoms with Gasteiger partial charge < -0.3 is 4.90 Å². The summed E-state index contributed by atoms with van der Waals surface area (Å²) in [6.45, 7) is 0. The molecule has 0 spiro atoms. The molecule has 0 unspecified atom stereocenters. The second-order valence-electron chi connectivity index (χ2n) is 12.4. The lowest BCUT2D eigenvalue weighted by atomic mass is 9.88. The van der Waals surface area contributed by atoms with Crippen molar-refractivity contribution in [2.45, 2.75) is 0 Å². The van der Waals surface area contributed by atoms with Gasteiger partial charge >= 0.3 is 0 Å². The van der Waals surface area contributed by atoms with E-state index in [1.165, 1.54) is 38.4 Å². The fraction of sp³-hybridized carbons (Fsp3) is 0. The smallest absolute Gasteiger partial charge is 0.162 e. The molecule has 4 nitrogen and oxygen atoms in total. The highest BCUT2D eigenvalue weighted by Gasteiger charge is 2.29. The summed E-state index contributed by atoms with van der Waals surface area (Å²) in [6, 6.07) is 57.7. The van der Waals surface area contributed by atoms with Crippen LogP contribution >= 0.6 is 0 Å². The molecule has 0 atom stereocenters. The molecule has 0 aliphatic carbocycles. The number of aromatic nitrogens is 3. The van der Waals surface area contributed by atoms with Gasteiger partial charge in [0.15, 0.2) is 5.82 Å². The van der Waals surface area contributed by atoms with E-state index in [1.807, 2.05) is 30.5 Å². The maximum absolute atomic E-state index is 5.36. The summed E-state index contributed by atoms with van der Waals surface area (Å²) >= 11 is 0. The summed E-state index contributed by atoms with van der Waals surface area (Å²) < 4.78 is 0. The van der Waals surface area contributed by atoms with Crippen molar-refractivity contribution < 1.29 is 0 Å². The Morgan fingerprint density at radius 2 is 1.12 bits per heavy atom. The van der Waals surface area contributed by atoms with Crippen LogP contribution in [0, 0.1) is 0 Å². The van der Waals surface area contributed by atoms with Gasteiger partial charge in [-0.05, 0) is 52.7 Å². The lowest BCUT2D eigenvalue weighted by Crippen LogP contribution is -2.16. The van der Waals surface area contributed by atoms with E-state index < -0.39 is 0 Å². The number of hydrogen-bond acceptors (Lipinski definition) is 4. The number of pyridine rings is 1. The van der Waals surface area contributed by atoms with Crippen LogP contribution in [0.2, 0.25) is 0 Å².